The minimum Gasteiger partial charge on any atom is -0.395 e. The SMILES string of the molecule is CC(C)C(CO)N(Cc1ccccc1)Cc1cncs1. The molecule has 1 heterocycles. The van der Waals surface area contributed by atoms with Crippen LogP contribution in [0, 0.1) is 5.92 Å². The fourth-order valence-electron chi connectivity index (χ4n) is 2.38. The van der Waals surface area contributed by atoms with Crippen molar-refractivity contribution in [3.8, 4) is 0 Å². The predicted molar refractivity (Wildman–Crippen MR) is 83.5 cm³/mol. The largest absolute Gasteiger partial charge is 0.395 e. The van der Waals surface area contributed by atoms with Crippen LogP contribution < -0.4 is 0 Å². The zero-order chi connectivity index (χ0) is 14.4. The summed E-state index contributed by atoms with van der Waals surface area (Å²) in [7, 11) is 0. The molecule has 0 bridgehead atoms. The second-order valence-corrected chi connectivity index (χ2v) is 6.32. The Hall–Kier alpha value is -1.23. The Bertz CT molecular complexity index is 484. The summed E-state index contributed by atoms with van der Waals surface area (Å²) in [6.45, 7) is 6.19. The Morgan fingerprint density at radius 3 is 2.50 bits per heavy atom. The summed E-state index contributed by atoms with van der Waals surface area (Å²) in [5, 5.41) is 9.72. The highest BCUT2D eigenvalue weighted by atomic mass is 32.1. The van der Waals surface area contributed by atoms with Crippen molar-refractivity contribution >= 4 is 11.3 Å². The molecule has 20 heavy (non-hydrogen) atoms. The molecule has 0 saturated heterocycles. The molecule has 2 rings (SSSR count). The van der Waals surface area contributed by atoms with Gasteiger partial charge < -0.3 is 5.11 Å². The van der Waals surface area contributed by atoms with E-state index in [2.05, 4.69) is 48.0 Å². The summed E-state index contributed by atoms with van der Waals surface area (Å²) in [5.74, 6) is 0.414. The van der Waals surface area contributed by atoms with E-state index in [0.717, 1.165) is 13.1 Å². The summed E-state index contributed by atoms with van der Waals surface area (Å²) in [6, 6.07) is 10.6. The molecule has 0 fully saturated rings. The summed E-state index contributed by atoms with van der Waals surface area (Å²) in [6.07, 6.45) is 1.91. The Kier molecular flexibility index (Phi) is 5.71. The van der Waals surface area contributed by atoms with Crippen LogP contribution in [0.3, 0.4) is 0 Å². The van der Waals surface area contributed by atoms with Crippen LogP contribution in [0.2, 0.25) is 0 Å². The highest BCUT2D eigenvalue weighted by molar-refractivity contribution is 7.09. The van der Waals surface area contributed by atoms with Crippen LogP contribution in [-0.2, 0) is 13.1 Å². The Morgan fingerprint density at radius 2 is 1.95 bits per heavy atom. The third kappa shape index (κ3) is 4.13. The first-order valence-electron chi connectivity index (χ1n) is 6.97. The number of thiazole rings is 1. The van der Waals surface area contributed by atoms with Crippen LogP contribution >= 0.6 is 11.3 Å². The number of aliphatic hydroxyl groups excluding tert-OH is 1. The summed E-state index contributed by atoms with van der Waals surface area (Å²) < 4.78 is 0. The average Bonchev–Trinajstić information content (AvgIpc) is 2.93. The van der Waals surface area contributed by atoms with Crippen LogP contribution in [0.25, 0.3) is 0 Å². The van der Waals surface area contributed by atoms with Gasteiger partial charge in [0, 0.05) is 30.2 Å². The van der Waals surface area contributed by atoms with Gasteiger partial charge in [-0.2, -0.15) is 0 Å². The van der Waals surface area contributed by atoms with Crippen LogP contribution in [0.5, 0.6) is 0 Å². The van der Waals surface area contributed by atoms with Crippen molar-refractivity contribution in [1.29, 1.82) is 0 Å². The van der Waals surface area contributed by atoms with Gasteiger partial charge in [0.15, 0.2) is 0 Å². The van der Waals surface area contributed by atoms with Gasteiger partial charge in [-0.3, -0.25) is 9.88 Å². The van der Waals surface area contributed by atoms with Crippen LogP contribution in [-0.4, -0.2) is 27.6 Å². The van der Waals surface area contributed by atoms with Gasteiger partial charge in [0.2, 0.25) is 0 Å². The maximum Gasteiger partial charge on any atom is 0.0794 e. The lowest BCUT2D eigenvalue weighted by Crippen LogP contribution is -2.40. The number of rotatable bonds is 7. The Balaban J connectivity index is 2.14. The normalized spacial score (nSPS) is 13.1. The average molecular weight is 290 g/mol. The lowest BCUT2D eigenvalue weighted by Gasteiger charge is -2.32. The Labute approximate surface area is 124 Å². The number of hydrogen-bond acceptors (Lipinski definition) is 4. The molecule has 1 N–H and O–H groups in total. The van der Waals surface area contributed by atoms with Crippen molar-refractivity contribution in [3.05, 3.63) is 52.5 Å². The molecule has 0 radical (unpaired) electrons. The van der Waals surface area contributed by atoms with E-state index < -0.39 is 0 Å². The van der Waals surface area contributed by atoms with E-state index in [1.54, 1.807) is 11.3 Å². The minimum atomic E-state index is 0.164. The fourth-order valence-corrected chi connectivity index (χ4v) is 3.00. The van der Waals surface area contributed by atoms with E-state index in [1.807, 2.05) is 17.8 Å². The van der Waals surface area contributed by atoms with E-state index >= 15 is 0 Å². The van der Waals surface area contributed by atoms with Gasteiger partial charge in [0.05, 0.1) is 12.1 Å². The van der Waals surface area contributed by atoms with Crippen LogP contribution in [0.15, 0.2) is 42.0 Å². The van der Waals surface area contributed by atoms with Crippen molar-refractivity contribution in [2.75, 3.05) is 6.61 Å². The van der Waals surface area contributed by atoms with E-state index in [9.17, 15) is 5.11 Å². The number of benzene rings is 1. The molecule has 0 aliphatic carbocycles. The molecule has 0 amide bonds. The van der Waals surface area contributed by atoms with Crippen LogP contribution in [0.4, 0.5) is 0 Å². The highest BCUT2D eigenvalue weighted by Crippen LogP contribution is 2.19. The third-order valence-corrected chi connectivity index (χ3v) is 4.26. The molecule has 0 aliphatic heterocycles. The van der Waals surface area contributed by atoms with Gasteiger partial charge in [0.25, 0.3) is 0 Å². The number of hydrogen-bond donors (Lipinski definition) is 1. The first-order valence-corrected chi connectivity index (χ1v) is 7.85. The molecule has 4 heteroatoms. The van der Waals surface area contributed by atoms with E-state index in [-0.39, 0.29) is 12.6 Å². The van der Waals surface area contributed by atoms with Crippen molar-refractivity contribution in [3.63, 3.8) is 0 Å². The van der Waals surface area contributed by atoms with Gasteiger partial charge in [-0.1, -0.05) is 44.2 Å². The van der Waals surface area contributed by atoms with E-state index in [4.69, 9.17) is 0 Å². The minimum absolute atomic E-state index is 0.164. The summed E-state index contributed by atoms with van der Waals surface area (Å²) in [4.78, 5) is 7.72. The monoisotopic (exact) mass is 290 g/mol. The van der Waals surface area contributed by atoms with Crippen molar-refractivity contribution in [1.82, 2.24) is 9.88 Å². The topological polar surface area (TPSA) is 36.4 Å². The lowest BCUT2D eigenvalue weighted by atomic mass is 10.0. The van der Waals surface area contributed by atoms with Gasteiger partial charge in [-0.25, -0.2) is 0 Å². The lowest BCUT2D eigenvalue weighted by molar-refractivity contribution is 0.0792. The third-order valence-electron chi connectivity index (χ3n) is 3.50. The van der Waals surface area contributed by atoms with Gasteiger partial charge >= 0.3 is 0 Å². The molecular formula is C16H22N2OS. The molecule has 108 valence electrons. The molecule has 3 nitrogen and oxygen atoms in total. The molecule has 0 saturated carbocycles. The highest BCUT2D eigenvalue weighted by Gasteiger charge is 2.22. The molecule has 1 atom stereocenters. The molecule has 1 unspecified atom stereocenters. The molecule has 0 spiro atoms. The summed E-state index contributed by atoms with van der Waals surface area (Å²) >= 11 is 1.67. The molecule has 1 aromatic carbocycles. The zero-order valence-corrected chi connectivity index (χ0v) is 12.9. The molecule has 2 aromatic rings. The maximum absolute atomic E-state index is 9.72. The van der Waals surface area contributed by atoms with E-state index in [1.165, 1.54) is 10.4 Å². The maximum atomic E-state index is 9.72. The number of nitrogens with zero attached hydrogens (tertiary/aromatic N) is 2. The second-order valence-electron chi connectivity index (χ2n) is 5.35. The van der Waals surface area contributed by atoms with E-state index in [0.29, 0.717) is 5.92 Å². The fraction of sp³-hybridized carbons (Fsp3) is 0.438. The van der Waals surface area contributed by atoms with Gasteiger partial charge in [-0.05, 0) is 11.5 Å². The Morgan fingerprint density at radius 1 is 1.20 bits per heavy atom. The predicted octanol–water partition coefficient (Wildman–Crippen LogP) is 3.16. The van der Waals surface area contributed by atoms with Gasteiger partial charge in [-0.15, -0.1) is 11.3 Å². The van der Waals surface area contributed by atoms with Gasteiger partial charge in [0.1, 0.15) is 0 Å². The number of aromatic nitrogens is 1. The van der Waals surface area contributed by atoms with Crippen molar-refractivity contribution in [2.24, 2.45) is 5.92 Å². The molecule has 0 aliphatic rings. The first kappa shape index (κ1) is 15.2. The second kappa shape index (κ2) is 7.53. The van der Waals surface area contributed by atoms with Crippen molar-refractivity contribution < 1.29 is 5.11 Å². The molecule has 1 aromatic heterocycles. The van der Waals surface area contributed by atoms with Crippen LogP contribution in [0.1, 0.15) is 24.3 Å². The summed E-state index contributed by atoms with van der Waals surface area (Å²) in [5.41, 5.74) is 3.13. The first-order chi connectivity index (χ1) is 9.70. The smallest absolute Gasteiger partial charge is 0.0794 e. The van der Waals surface area contributed by atoms with Crippen molar-refractivity contribution in [2.45, 2.75) is 33.0 Å². The molecular weight excluding hydrogens is 268 g/mol. The number of aliphatic hydroxyl groups is 1. The zero-order valence-electron chi connectivity index (χ0n) is 12.1. The standard InChI is InChI=1S/C16H22N2OS/c1-13(2)16(11-19)18(10-15-8-17-12-20-15)9-14-6-4-3-5-7-14/h3-8,12-13,16,19H,9-11H2,1-2H3. The quantitative estimate of drug-likeness (QED) is 0.851.